The van der Waals surface area contributed by atoms with Crippen LogP contribution in [-0.2, 0) is 4.79 Å². The molecule has 4 rings (SSSR count). The molecular formula is C24H12BrF5O5. The molecule has 0 radical (unpaired) electrons. The van der Waals surface area contributed by atoms with E-state index in [1.165, 1.54) is 25.1 Å². The predicted molar refractivity (Wildman–Crippen MR) is 116 cm³/mol. The van der Waals surface area contributed by atoms with Gasteiger partial charge in [-0.2, -0.15) is 8.78 Å². The molecule has 11 heteroatoms. The van der Waals surface area contributed by atoms with Crippen LogP contribution in [0.2, 0.25) is 0 Å². The van der Waals surface area contributed by atoms with Gasteiger partial charge in [0, 0.05) is 10.0 Å². The van der Waals surface area contributed by atoms with Crippen molar-refractivity contribution in [2.75, 3.05) is 6.61 Å². The Bertz CT molecular complexity index is 1390. The highest BCUT2D eigenvalue weighted by Gasteiger charge is 2.31. The van der Waals surface area contributed by atoms with Crippen LogP contribution in [0.25, 0.3) is 6.08 Å². The largest absolute Gasteiger partial charge is 0.476 e. The summed E-state index contributed by atoms with van der Waals surface area (Å²) in [5, 5.41) is 0. The number of carbonyl (C=O) groups excluding carboxylic acids is 2. The second-order valence-corrected chi connectivity index (χ2v) is 8.14. The molecule has 1 aliphatic rings. The van der Waals surface area contributed by atoms with Gasteiger partial charge in [-0.15, -0.1) is 0 Å². The number of rotatable bonds is 5. The fraction of sp³-hybridized carbons (Fsp3) is 0.0833. The van der Waals surface area contributed by atoms with Crippen molar-refractivity contribution in [2.24, 2.45) is 0 Å². The first-order chi connectivity index (χ1) is 16.6. The molecule has 0 N–H and O–H groups in total. The van der Waals surface area contributed by atoms with Crippen molar-refractivity contribution in [1.82, 2.24) is 0 Å². The van der Waals surface area contributed by atoms with Gasteiger partial charge in [0.15, 0.2) is 18.1 Å². The number of fused-ring (bicyclic) bond motifs is 1. The molecule has 180 valence electrons. The maximum absolute atomic E-state index is 13.7. The van der Waals surface area contributed by atoms with Gasteiger partial charge in [0.2, 0.25) is 34.9 Å². The molecule has 0 saturated heterocycles. The van der Waals surface area contributed by atoms with E-state index in [9.17, 15) is 31.5 Å². The fourth-order valence-electron chi connectivity index (χ4n) is 3.22. The summed E-state index contributed by atoms with van der Waals surface area (Å²) in [6.07, 6.45) is 1.54. The van der Waals surface area contributed by atoms with E-state index in [1.807, 2.05) is 6.07 Å². The quantitative estimate of drug-likeness (QED) is 0.0958. The second-order valence-electron chi connectivity index (χ2n) is 7.22. The van der Waals surface area contributed by atoms with Crippen molar-refractivity contribution >= 4 is 33.8 Å². The van der Waals surface area contributed by atoms with Crippen LogP contribution in [-0.4, -0.2) is 18.4 Å². The van der Waals surface area contributed by atoms with E-state index in [2.05, 4.69) is 20.7 Å². The predicted octanol–water partition coefficient (Wildman–Crippen LogP) is 6.05. The van der Waals surface area contributed by atoms with Gasteiger partial charge in [-0.1, -0.05) is 28.1 Å². The monoisotopic (exact) mass is 554 g/mol. The summed E-state index contributed by atoms with van der Waals surface area (Å²) in [4.78, 5) is 24.8. The summed E-state index contributed by atoms with van der Waals surface area (Å²) in [6, 6.07) is 9.79. The van der Waals surface area contributed by atoms with E-state index >= 15 is 0 Å². The molecule has 0 aromatic heterocycles. The number of carbonyl (C=O) groups is 2. The Morgan fingerprint density at radius 1 is 1.00 bits per heavy atom. The number of hydrogen-bond acceptors (Lipinski definition) is 5. The Kier molecular flexibility index (Phi) is 6.62. The third-order valence-corrected chi connectivity index (χ3v) is 5.40. The lowest BCUT2D eigenvalue weighted by molar-refractivity contribution is -0.136. The Morgan fingerprint density at radius 2 is 1.66 bits per heavy atom. The minimum absolute atomic E-state index is 0.0410. The van der Waals surface area contributed by atoms with E-state index in [-0.39, 0.29) is 28.4 Å². The van der Waals surface area contributed by atoms with Gasteiger partial charge < -0.3 is 14.2 Å². The molecule has 0 atom stereocenters. The summed E-state index contributed by atoms with van der Waals surface area (Å²) in [6.45, 7) is 0.338. The number of Topliss-reactive ketones (excluding diaryl/α,β-unsaturated/α-hetero) is 1. The lowest BCUT2D eigenvalue weighted by Gasteiger charge is -2.12. The fourth-order valence-corrected chi connectivity index (χ4v) is 3.64. The number of ketones is 1. The third kappa shape index (κ3) is 4.63. The zero-order valence-electron chi connectivity index (χ0n) is 17.6. The first kappa shape index (κ1) is 24.4. The van der Waals surface area contributed by atoms with Gasteiger partial charge in [0.1, 0.15) is 11.5 Å². The molecule has 3 aromatic carbocycles. The Labute approximate surface area is 202 Å². The molecule has 0 unspecified atom stereocenters. The molecular weight excluding hydrogens is 543 g/mol. The van der Waals surface area contributed by atoms with Crippen molar-refractivity contribution in [3.05, 3.63) is 92.4 Å². The highest BCUT2D eigenvalue weighted by molar-refractivity contribution is 9.10. The van der Waals surface area contributed by atoms with Crippen molar-refractivity contribution in [3.63, 3.8) is 0 Å². The van der Waals surface area contributed by atoms with Gasteiger partial charge in [-0.05, 0) is 42.8 Å². The number of esters is 1. The Balaban J connectivity index is 1.50. The van der Waals surface area contributed by atoms with Crippen LogP contribution < -0.4 is 14.2 Å². The molecule has 0 bridgehead atoms. The van der Waals surface area contributed by atoms with Crippen molar-refractivity contribution < 1.29 is 45.8 Å². The minimum Gasteiger partial charge on any atom is -0.476 e. The van der Waals surface area contributed by atoms with E-state index < -0.39 is 53.2 Å². The van der Waals surface area contributed by atoms with Crippen LogP contribution in [0, 0.1) is 36.0 Å². The van der Waals surface area contributed by atoms with Crippen molar-refractivity contribution in [3.8, 4) is 17.2 Å². The van der Waals surface area contributed by atoms with Gasteiger partial charge in [-0.3, -0.25) is 4.79 Å². The number of ether oxygens (including phenoxy) is 3. The molecule has 0 amide bonds. The number of allylic oxidation sites excluding steroid dienone is 1. The molecule has 0 spiro atoms. The number of benzene rings is 3. The molecule has 1 aliphatic heterocycles. The number of halogens is 6. The minimum atomic E-state index is -2.36. The summed E-state index contributed by atoms with van der Waals surface area (Å²) < 4.78 is 83.1. The van der Waals surface area contributed by atoms with Gasteiger partial charge in [0.25, 0.3) is 0 Å². The summed E-state index contributed by atoms with van der Waals surface area (Å²) >= 11 is 3.34. The van der Waals surface area contributed by atoms with Gasteiger partial charge >= 0.3 is 5.97 Å². The lowest BCUT2D eigenvalue weighted by atomic mass is 10.1. The van der Waals surface area contributed by atoms with Crippen LogP contribution >= 0.6 is 15.9 Å². The standard InChI is InChI=1S/C24H12BrF5O5/c1-10-14(34-16(31)9-33-24-20(29)18(27)17(26)19(28)21(24)30)6-5-13-22(32)15(35-23(10)13)8-11-3-2-4-12(25)7-11/h2-8H,9H2,1H3/b15-8-. The van der Waals surface area contributed by atoms with E-state index in [1.54, 1.807) is 18.2 Å². The SMILES string of the molecule is Cc1c(OC(=O)COc2c(F)c(F)c(F)c(F)c2F)ccc2c1O/C(=C\c1cccc(Br)c1)C2=O. The average Bonchev–Trinajstić information content (AvgIpc) is 3.14. The molecule has 0 saturated carbocycles. The van der Waals surface area contributed by atoms with Crippen LogP contribution in [0.3, 0.4) is 0 Å². The highest BCUT2D eigenvalue weighted by atomic mass is 79.9. The third-order valence-electron chi connectivity index (χ3n) is 4.91. The maximum atomic E-state index is 13.7. The van der Waals surface area contributed by atoms with E-state index in [0.717, 1.165) is 4.47 Å². The van der Waals surface area contributed by atoms with Crippen molar-refractivity contribution in [1.29, 1.82) is 0 Å². The molecule has 1 heterocycles. The van der Waals surface area contributed by atoms with Crippen LogP contribution in [0.15, 0.2) is 46.6 Å². The summed E-state index contributed by atoms with van der Waals surface area (Å²) in [5.74, 6) is -14.3. The van der Waals surface area contributed by atoms with Crippen LogP contribution in [0.5, 0.6) is 17.2 Å². The Hall–Kier alpha value is -3.73. The number of hydrogen-bond donors (Lipinski definition) is 0. The topological polar surface area (TPSA) is 61.8 Å². The first-order valence-electron chi connectivity index (χ1n) is 9.76. The second kappa shape index (κ2) is 9.49. The average molecular weight is 555 g/mol. The highest BCUT2D eigenvalue weighted by Crippen LogP contribution is 2.39. The zero-order chi connectivity index (χ0) is 25.4. The Morgan fingerprint density at radius 3 is 2.31 bits per heavy atom. The first-order valence-corrected chi connectivity index (χ1v) is 10.6. The molecule has 0 fully saturated rings. The van der Waals surface area contributed by atoms with Gasteiger partial charge in [0.05, 0.1) is 5.56 Å². The smallest absolute Gasteiger partial charge is 0.349 e. The molecule has 0 aliphatic carbocycles. The van der Waals surface area contributed by atoms with Crippen LogP contribution in [0.1, 0.15) is 21.5 Å². The lowest BCUT2D eigenvalue weighted by Crippen LogP contribution is -2.20. The molecule has 3 aromatic rings. The van der Waals surface area contributed by atoms with Gasteiger partial charge in [-0.25, -0.2) is 18.0 Å². The van der Waals surface area contributed by atoms with Crippen molar-refractivity contribution in [2.45, 2.75) is 6.92 Å². The van der Waals surface area contributed by atoms with Crippen LogP contribution in [0.4, 0.5) is 22.0 Å². The normalized spacial score (nSPS) is 13.6. The molecule has 35 heavy (non-hydrogen) atoms. The van der Waals surface area contributed by atoms with E-state index in [4.69, 9.17) is 9.47 Å². The maximum Gasteiger partial charge on any atom is 0.349 e. The molecule has 5 nitrogen and oxygen atoms in total. The summed E-state index contributed by atoms with van der Waals surface area (Å²) in [7, 11) is 0. The van der Waals surface area contributed by atoms with E-state index in [0.29, 0.717) is 5.56 Å². The summed E-state index contributed by atoms with van der Waals surface area (Å²) in [5.41, 5.74) is 1.18. The zero-order valence-corrected chi connectivity index (χ0v) is 19.1.